The first kappa shape index (κ1) is 14.5. The molecule has 1 saturated heterocycles. The van der Waals surface area contributed by atoms with Crippen LogP contribution in [0.4, 0.5) is 0 Å². The Labute approximate surface area is 118 Å². The van der Waals surface area contributed by atoms with E-state index in [1.165, 1.54) is 43.6 Å². The van der Waals surface area contributed by atoms with Crippen molar-refractivity contribution in [3.05, 3.63) is 35.4 Å². The zero-order valence-electron chi connectivity index (χ0n) is 12.7. The molecule has 0 saturated carbocycles. The van der Waals surface area contributed by atoms with Crippen molar-refractivity contribution in [2.75, 3.05) is 19.6 Å². The lowest BCUT2D eigenvalue weighted by Gasteiger charge is -2.27. The lowest BCUT2D eigenvalue weighted by molar-refractivity contribution is 0.216. The maximum atomic E-state index is 3.62. The lowest BCUT2D eigenvalue weighted by atomic mass is 10.1. The monoisotopic (exact) mass is 260 g/mol. The molecule has 0 aliphatic carbocycles. The molecule has 0 bridgehead atoms. The van der Waals surface area contributed by atoms with Crippen LogP contribution >= 0.6 is 0 Å². The predicted molar refractivity (Wildman–Crippen MR) is 82.3 cm³/mol. The minimum Gasteiger partial charge on any atom is -0.313 e. The molecular weight excluding hydrogens is 232 g/mol. The van der Waals surface area contributed by atoms with Crippen molar-refractivity contribution >= 4 is 0 Å². The molecule has 0 aromatic heterocycles. The van der Waals surface area contributed by atoms with Gasteiger partial charge >= 0.3 is 0 Å². The second-order valence-corrected chi connectivity index (χ2v) is 6.37. The van der Waals surface area contributed by atoms with Crippen molar-refractivity contribution in [2.45, 2.75) is 46.2 Å². The van der Waals surface area contributed by atoms with Crippen molar-refractivity contribution in [1.82, 2.24) is 10.2 Å². The summed E-state index contributed by atoms with van der Waals surface area (Å²) in [6, 6.07) is 9.61. The standard InChI is InChI=1S/C17H28N2/c1-14(2)11-19(13-17-8-5-9-18-17)12-16-7-4-6-15(3)10-16/h4,6-7,10,14,17-18H,5,8-9,11-13H2,1-3H3. The normalized spacial score (nSPS) is 19.5. The quantitative estimate of drug-likeness (QED) is 0.845. The van der Waals surface area contributed by atoms with Crippen LogP contribution in [0, 0.1) is 12.8 Å². The van der Waals surface area contributed by atoms with Crippen molar-refractivity contribution in [1.29, 1.82) is 0 Å². The Morgan fingerprint density at radius 1 is 1.37 bits per heavy atom. The number of nitrogens with zero attached hydrogens (tertiary/aromatic N) is 1. The van der Waals surface area contributed by atoms with Crippen LogP contribution in [0.15, 0.2) is 24.3 Å². The highest BCUT2D eigenvalue weighted by molar-refractivity contribution is 5.22. The van der Waals surface area contributed by atoms with E-state index < -0.39 is 0 Å². The molecule has 1 aliphatic heterocycles. The zero-order valence-corrected chi connectivity index (χ0v) is 12.7. The molecule has 0 amide bonds. The van der Waals surface area contributed by atoms with Crippen LogP contribution in [0.5, 0.6) is 0 Å². The van der Waals surface area contributed by atoms with Crippen LogP contribution in [0.3, 0.4) is 0 Å². The summed E-state index contributed by atoms with van der Waals surface area (Å²) in [7, 11) is 0. The highest BCUT2D eigenvalue weighted by Crippen LogP contribution is 2.13. The van der Waals surface area contributed by atoms with Crippen LogP contribution in [0.2, 0.25) is 0 Å². The summed E-state index contributed by atoms with van der Waals surface area (Å²) in [6.45, 7) is 11.5. The van der Waals surface area contributed by atoms with Gasteiger partial charge in [0.25, 0.3) is 0 Å². The van der Waals surface area contributed by atoms with Gasteiger partial charge in [0.2, 0.25) is 0 Å². The van der Waals surface area contributed by atoms with E-state index in [1.54, 1.807) is 0 Å². The second kappa shape index (κ2) is 7.06. The van der Waals surface area contributed by atoms with Crippen LogP contribution < -0.4 is 5.32 Å². The van der Waals surface area contributed by atoms with Crippen molar-refractivity contribution < 1.29 is 0 Å². The van der Waals surface area contributed by atoms with E-state index in [0.717, 1.165) is 12.5 Å². The van der Waals surface area contributed by atoms with E-state index in [1.807, 2.05) is 0 Å². The molecule has 2 rings (SSSR count). The summed E-state index contributed by atoms with van der Waals surface area (Å²) in [6.07, 6.45) is 2.67. The SMILES string of the molecule is Cc1cccc(CN(CC(C)C)CC2CCCN2)c1. The first-order valence-corrected chi connectivity index (χ1v) is 7.65. The second-order valence-electron chi connectivity index (χ2n) is 6.37. The first-order chi connectivity index (χ1) is 9.13. The Morgan fingerprint density at radius 2 is 2.21 bits per heavy atom. The third-order valence-corrected chi connectivity index (χ3v) is 3.75. The van der Waals surface area contributed by atoms with Crippen LogP contribution in [0.1, 0.15) is 37.8 Å². The van der Waals surface area contributed by atoms with Gasteiger partial charge in [-0.3, -0.25) is 4.90 Å². The third-order valence-electron chi connectivity index (χ3n) is 3.75. The molecule has 106 valence electrons. The van der Waals surface area contributed by atoms with Crippen LogP contribution in [-0.2, 0) is 6.54 Å². The summed E-state index contributed by atoms with van der Waals surface area (Å²) in [5.41, 5.74) is 2.81. The van der Waals surface area contributed by atoms with E-state index in [-0.39, 0.29) is 0 Å². The molecule has 1 N–H and O–H groups in total. The minimum atomic E-state index is 0.698. The van der Waals surface area contributed by atoms with Gasteiger partial charge in [0.1, 0.15) is 0 Å². The Hall–Kier alpha value is -0.860. The molecule has 0 radical (unpaired) electrons. The first-order valence-electron chi connectivity index (χ1n) is 7.65. The molecule has 2 heteroatoms. The number of benzene rings is 1. The van der Waals surface area contributed by atoms with Crippen LogP contribution in [0.25, 0.3) is 0 Å². The molecule has 2 nitrogen and oxygen atoms in total. The van der Waals surface area contributed by atoms with Crippen molar-refractivity contribution in [3.63, 3.8) is 0 Å². The Kier molecular flexibility index (Phi) is 5.41. The number of nitrogens with one attached hydrogen (secondary N) is 1. The average molecular weight is 260 g/mol. The van der Waals surface area contributed by atoms with E-state index in [2.05, 4.69) is 55.3 Å². The molecule has 0 spiro atoms. The highest BCUT2D eigenvalue weighted by Gasteiger charge is 2.18. The molecule has 1 aromatic carbocycles. The zero-order chi connectivity index (χ0) is 13.7. The van der Waals surface area contributed by atoms with Crippen molar-refractivity contribution in [3.8, 4) is 0 Å². The molecular formula is C17H28N2. The van der Waals surface area contributed by atoms with Gasteiger partial charge in [-0.05, 0) is 37.8 Å². The van der Waals surface area contributed by atoms with Gasteiger partial charge in [-0.1, -0.05) is 43.7 Å². The largest absolute Gasteiger partial charge is 0.313 e. The summed E-state index contributed by atoms with van der Waals surface area (Å²) in [4.78, 5) is 2.61. The van der Waals surface area contributed by atoms with Gasteiger partial charge < -0.3 is 5.32 Å². The van der Waals surface area contributed by atoms with Gasteiger partial charge in [0.15, 0.2) is 0 Å². The molecule has 1 heterocycles. The van der Waals surface area contributed by atoms with Gasteiger partial charge in [0, 0.05) is 25.7 Å². The van der Waals surface area contributed by atoms with Gasteiger partial charge in [-0.25, -0.2) is 0 Å². The summed E-state index contributed by atoms with van der Waals surface area (Å²) >= 11 is 0. The predicted octanol–water partition coefficient (Wildman–Crippen LogP) is 3.21. The Morgan fingerprint density at radius 3 is 2.84 bits per heavy atom. The average Bonchev–Trinajstić information content (AvgIpc) is 2.80. The lowest BCUT2D eigenvalue weighted by Crippen LogP contribution is -2.38. The topological polar surface area (TPSA) is 15.3 Å². The van der Waals surface area contributed by atoms with Gasteiger partial charge in [-0.2, -0.15) is 0 Å². The molecule has 1 fully saturated rings. The summed E-state index contributed by atoms with van der Waals surface area (Å²) < 4.78 is 0. The van der Waals surface area contributed by atoms with E-state index in [0.29, 0.717) is 6.04 Å². The fraction of sp³-hybridized carbons (Fsp3) is 0.647. The van der Waals surface area contributed by atoms with Crippen molar-refractivity contribution in [2.24, 2.45) is 5.92 Å². The fourth-order valence-electron chi connectivity index (χ4n) is 3.01. The fourth-order valence-corrected chi connectivity index (χ4v) is 3.01. The summed E-state index contributed by atoms with van der Waals surface area (Å²) in [5.74, 6) is 0.728. The van der Waals surface area contributed by atoms with Gasteiger partial charge in [0.05, 0.1) is 0 Å². The smallest absolute Gasteiger partial charge is 0.0234 e. The van der Waals surface area contributed by atoms with Gasteiger partial charge in [-0.15, -0.1) is 0 Å². The van der Waals surface area contributed by atoms with E-state index in [9.17, 15) is 0 Å². The number of aryl methyl sites for hydroxylation is 1. The molecule has 1 unspecified atom stereocenters. The Bertz CT molecular complexity index is 381. The summed E-state index contributed by atoms with van der Waals surface area (Å²) in [5, 5.41) is 3.62. The molecule has 1 aromatic rings. The maximum absolute atomic E-state index is 3.62. The molecule has 19 heavy (non-hydrogen) atoms. The number of hydrogen-bond acceptors (Lipinski definition) is 2. The molecule has 1 aliphatic rings. The maximum Gasteiger partial charge on any atom is 0.0234 e. The highest BCUT2D eigenvalue weighted by atomic mass is 15.2. The molecule has 1 atom stereocenters. The Balaban J connectivity index is 1.96. The van der Waals surface area contributed by atoms with Crippen LogP contribution in [-0.4, -0.2) is 30.6 Å². The minimum absolute atomic E-state index is 0.698. The number of hydrogen-bond donors (Lipinski definition) is 1. The third kappa shape index (κ3) is 4.96. The van der Waals surface area contributed by atoms with E-state index >= 15 is 0 Å². The van der Waals surface area contributed by atoms with E-state index in [4.69, 9.17) is 0 Å². The number of rotatable bonds is 6.